The molecular weight excluding hydrogens is 252 g/mol. The summed E-state index contributed by atoms with van der Waals surface area (Å²) in [4.78, 5) is 9.00. The van der Waals surface area contributed by atoms with Crippen molar-refractivity contribution >= 4 is 34.0 Å². The van der Waals surface area contributed by atoms with Crippen LogP contribution in [-0.2, 0) is 0 Å². The number of nitrogens with zero attached hydrogens (tertiary/aromatic N) is 1. The van der Waals surface area contributed by atoms with Crippen molar-refractivity contribution in [3.8, 4) is 10.7 Å². The van der Waals surface area contributed by atoms with E-state index >= 15 is 0 Å². The summed E-state index contributed by atoms with van der Waals surface area (Å²) in [7, 11) is 0. The molecule has 2 heterocycles. The molecule has 0 saturated heterocycles. The topological polar surface area (TPSA) is 28.7 Å². The molecule has 17 heavy (non-hydrogen) atoms. The molecule has 0 saturated carbocycles. The second kappa shape index (κ2) is 3.86. The third-order valence-corrected chi connectivity index (χ3v) is 4.14. The van der Waals surface area contributed by atoms with E-state index in [1.807, 2.05) is 12.1 Å². The molecule has 0 aliphatic heterocycles. The van der Waals surface area contributed by atoms with Gasteiger partial charge in [-0.25, -0.2) is 4.98 Å². The van der Waals surface area contributed by atoms with Crippen molar-refractivity contribution in [2.75, 3.05) is 0 Å². The zero-order valence-electron chi connectivity index (χ0n) is 9.54. The van der Waals surface area contributed by atoms with Crippen molar-refractivity contribution in [2.45, 2.75) is 13.8 Å². The largest absolute Gasteiger partial charge is 0.337 e. The highest BCUT2D eigenvalue weighted by molar-refractivity contribution is 7.19. The number of H-pyrrole nitrogens is 1. The average Bonchev–Trinajstić information content (AvgIpc) is 2.85. The Morgan fingerprint density at radius 1 is 1.18 bits per heavy atom. The van der Waals surface area contributed by atoms with Crippen molar-refractivity contribution in [1.29, 1.82) is 0 Å². The lowest BCUT2D eigenvalue weighted by atomic mass is 10.1. The second-order valence-corrected chi connectivity index (χ2v) is 5.86. The minimum atomic E-state index is 0.785. The normalized spacial score (nSPS) is 11.2. The molecule has 1 aromatic carbocycles. The highest BCUT2D eigenvalue weighted by Crippen LogP contribution is 2.30. The number of halogens is 1. The van der Waals surface area contributed by atoms with Crippen LogP contribution in [0.1, 0.15) is 11.1 Å². The van der Waals surface area contributed by atoms with Gasteiger partial charge in [-0.15, -0.1) is 11.3 Å². The molecular formula is C13H11ClN2S. The molecule has 0 bridgehead atoms. The Labute approximate surface area is 108 Å². The number of fused-ring (bicyclic) bond motifs is 1. The van der Waals surface area contributed by atoms with E-state index in [1.165, 1.54) is 22.5 Å². The lowest BCUT2D eigenvalue weighted by Gasteiger charge is -1.97. The molecule has 3 rings (SSSR count). The first-order chi connectivity index (χ1) is 8.13. The van der Waals surface area contributed by atoms with Gasteiger partial charge in [-0.1, -0.05) is 11.6 Å². The molecule has 0 radical (unpaired) electrons. The van der Waals surface area contributed by atoms with Gasteiger partial charge in [-0.05, 0) is 49.2 Å². The van der Waals surface area contributed by atoms with Crippen molar-refractivity contribution in [3.63, 3.8) is 0 Å². The van der Waals surface area contributed by atoms with Gasteiger partial charge in [0, 0.05) is 0 Å². The maximum absolute atomic E-state index is 5.94. The smallest absolute Gasteiger partial charge is 0.148 e. The summed E-state index contributed by atoms with van der Waals surface area (Å²) in [6.45, 7) is 4.21. The molecule has 86 valence electrons. The first-order valence-corrected chi connectivity index (χ1v) is 6.55. The number of hydrogen-bond donors (Lipinski definition) is 1. The Morgan fingerprint density at radius 2 is 1.94 bits per heavy atom. The van der Waals surface area contributed by atoms with Crippen molar-refractivity contribution < 1.29 is 0 Å². The zero-order chi connectivity index (χ0) is 12.0. The molecule has 2 nitrogen and oxygen atoms in total. The van der Waals surface area contributed by atoms with Gasteiger partial charge in [-0.3, -0.25) is 0 Å². The number of hydrogen-bond acceptors (Lipinski definition) is 2. The molecule has 0 unspecified atom stereocenters. The standard InChI is InChI=1S/C13H11ClN2S/c1-7-5-9-10(6-8(7)2)16-13(15-9)11-3-4-12(14)17-11/h3-6H,1-2H3,(H,15,16). The van der Waals surface area contributed by atoms with Crippen LogP contribution in [-0.4, -0.2) is 9.97 Å². The van der Waals surface area contributed by atoms with E-state index in [4.69, 9.17) is 11.6 Å². The van der Waals surface area contributed by atoms with E-state index in [-0.39, 0.29) is 0 Å². The number of aryl methyl sites for hydroxylation is 2. The van der Waals surface area contributed by atoms with Crippen LogP contribution in [0.2, 0.25) is 4.34 Å². The summed E-state index contributed by atoms with van der Waals surface area (Å²) >= 11 is 7.47. The Balaban J connectivity index is 2.19. The van der Waals surface area contributed by atoms with Gasteiger partial charge in [-0.2, -0.15) is 0 Å². The van der Waals surface area contributed by atoms with Crippen molar-refractivity contribution in [2.24, 2.45) is 0 Å². The van der Waals surface area contributed by atoms with Crippen LogP contribution < -0.4 is 0 Å². The van der Waals surface area contributed by atoms with E-state index in [9.17, 15) is 0 Å². The van der Waals surface area contributed by atoms with E-state index in [0.717, 1.165) is 26.1 Å². The molecule has 0 spiro atoms. The van der Waals surface area contributed by atoms with E-state index < -0.39 is 0 Å². The lowest BCUT2D eigenvalue weighted by molar-refractivity contribution is 1.35. The summed E-state index contributed by atoms with van der Waals surface area (Å²) in [6.07, 6.45) is 0. The number of nitrogens with one attached hydrogen (secondary N) is 1. The quantitative estimate of drug-likeness (QED) is 0.684. The molecule has 2 aromatic heterocycles. The molecule has 0 fully saturated rings. The number of thiophene rings is 1. The summed E-state index contributed by atoms with van der Waals surface area (Å²) in [5.74, 6) is 0.891. The fourth-order valence-corrected chi connectivity index (χ4v) is 2.82. The third-order valence-electron chi connectivity index (χ3n) is 2.90. The summed E-state index contributed by atoms with van der Waals surface area (Å²) in [5.41, 5.74) is 4.62. The Morgan fingerprint density at radius 3 is 2.65 bits per heavy atom. The minimum Gasteiger partial charge on any atom is -0.337 e. The molecule has 3 aromatic rings. The molecule has 0 aliphatic carbocycles. The van der Waals surface area contributed by atoms with E-state index in [2.05, 4.69) is 35.9 Å². The van der Waals surface area contributed by atoms with Gasteiger partial charge in [0.15, 0.2) is 0 Å². The predicted octanol–water partition coefficient (Wildman–Crippen LogP) is 4.56. The highest BCUT2D eigenvalue weighted by Gasteiger charge is 2.08. The Hall–Kier alpha value is -1.32. The van der Waals surface area contributed by atoms with E-state index in [1.54, 1.807) is 0 Å². The van der Waals surface area contributed by atoms with Crippen LogP contribution in [0.15, 0.2) is 24.3 Å². The molecule has 0 atom stereocenters. The van der Waals surface area contributed by atoms with E-state index in [0.29, 0.717) is 0 Å². The van der Waals surface area contributed by atoms with Crippen LogP contribution in [0.25, 0.3) is 21.7 Å². The summed E-state index contributed by atoms with van der Waals surface area (Å²) in [5, 5.41) is 0. The maximum Gasteiger partial charge on any atom is 0.148 e. The van der Waals surface area contributed by atoms with Gasteiger partial charge in [0.2, 0.25) is 0 Å². The van der Waals surface area contributed by atoms with Crippen molar-refractivity contribution in [1.82, 2.24) is 9.97 Å². The van der Waals surface area contributed by atoms with Crippen LogP contribution in [0.3, 0.4) is 0 Å². The summed E-state index contributed by atoms with van der Waals surface area (Å²) < 4.78 is 0.785. The minimum absolute atomic E-state index is 0.785. The monoisotopic (exact) mass is 262 g/mol. The van der Waals surface area contributed by atoms with Gasteiger partial charge in [0.1, 0.15) is 5.82 Å². The molecule has 1 N–H and O–H groups in total. The van der Waals surface area contributed by atoms with Gasteiger partial charge >= 0.3 is 0 Å². The van der Waals surface area contributed by atoms with Crippen LogP contribution in [0.4, 0.5) is 0 Å². The van der Waals surface area contributed by atoms with Crippen molar-refractivity contribution in [3.05, 3.63) is 39.7 Å². The number of benzene rings is 1. The number of imidazole rings is 1. The number of aromatic amines is 1. The predicted molar refractivity (Wildman–Crippen MR) is 73.9 cm³/mol. The first kappa shape index (κ1) is 10.8. The first-order valence-electron chi connectivity index (χ1n) is 5.36. The van der Waals surface area contributed by atoms with Gasteiger partial charge < -0.3 is 4.98 Å². The lowest BCUT2D eigenvalue weighted by Crippen LogP contribution is -1.79. The Kier molecular flexibility index (Phi) is 2.45. The van der Waals surface area contributed by atoms with Gasteiger partial charge in [0.25, 0.3) is 0 Å². The Bertz CT molecular complexity index is 658. The average molecular weight is 263 g/mol. The number of aromatic nitrogens is 2. The zero-order valence-corrected chi connectivity index (χ0v) is 11.1. The fourth-order valence-electron chi connectivity index (χ4n) is 1.83. The fraction of sp³-hybridized carbons (Fsp3) is 0.154. The van der Waals surface area contributed by atoms with Gasteiger partial charge in [0.05, 0.1) is 20.2 Å². The van der Waals surface area contributed by atoms with Crippen LogP contribution in [0.5, 0.6) is 0 Å². The maximum atomic E-state index is 5.94. The molecule has 4 heteroatoms. The SMILES string of the molecule is Cc1cc2nc(-c3ccc(Cl)s3)[nH]c2cc1C. The van der Waals surface area contributed by atoms with Crippen LogP contribution in [0, 0.1) is 13.8 Å². The molecule has 0 amide bonds. The summed E-state index contributed by atoms with van der Waals surface area (Å²) in [6, 6.07) is 8.13. The second-order valence-electron chi connectivity index (χ2n) is 4.14. The third kappa shape index (κ3) is 1.85. The highest BCUT2D eigenvalue weighted by atomic mass is 35.5. The number of rotatable bonds is 1. The molecule has 0 aliphatic rings. The van der Waals surface area contributed by atoms with Crippen LogP contribution >= 0.6 is 22.9 Å².